The summed E-state index contributed by atoms with van der Waals surface area (Å²) in [5, 5.41) is 0.638. The van der Waals surface area contributed by atoms with E-state index in [1.54, 1.807) is 13.2 Å². The van der Waals surface area contributed by atoms with Crippen molar-refractivity contribution in [3.8, 4) is 17.1 Å². The standard InChI is InChI=1S/C12H13BrClN3O/c1-17-11(13)9(6-15)16-12(17)8-5-7(14)3-4-10(8)18-2/h3-5H,6,15H2,1-2H3. The molecular weight excluding hydrogens is 318 g/mol. The fourth-order valence-corrected chi connectivity index (χ4v) is 2.35. The van der Waals surface area contributed by atoms with Crippen LogP contribution >= 0.6 is 27.5 Å². The number of rotatable bonds is 3. The topological polar surface area (TPSA) is 53.1 Å². The Morgan fingerprint density at radius 3 is 2.78 bits per heavy atom. The van der Waals surface area contributed by atoms with Gasteiger partial charge in [0.15, 0.2) is 0 Å². The predicted octanol–water partition coefficient (Wildman–Crippen LogP) is 2.97. The average Bonchev–Trinajstić information content (AvgIpc) is 2.66. The highest BCUT2D eigenvalue weighted by Gasteiger charge is 2.16. The van der Waals surface area contributed by atoms with Gasteiger partial charge in [-0.3, -0.25) is 0 Å². The Labute approximate surface area is 119 Å². The molecule has 6 heteroatoms. The van der Waals surface area contributed by atoms with Crippen LogP contribution in [0.2, 0.25) is 5.02 Å². The van der Waals surface area contributed by atoms with Crippen molar-refractivity contribution in [1.82, 2.24) is 9.55 Å². The molecule has 1 aromatic carbocycles. The number of methoxy groups -OCH3 is 1. The van der Waals surface area contributed by atoms with Crippen LogP contribution in [0, 0.1) is 0 Å². The van der Waals surface area contributed by atoms with Crippen LogP contribution in [0.25, 0.3) is 11.4 Å². The van der Waals surface area contributed by atoms with Gasteiger partial charge in [0, 0.05) is 18.6 Å². The Morgan fingerprint density at radius 1 is 1.50 bits per heavy atom. The van der Waals surface area contributed by atoms with Crippen LogP contribution in [0.15, 0.2) is 22.8 Å². The molecule has 2 aromatic rings. The van der Waals surface area contributed by atoms with E-state index in [0.29, 0.717) is 11.6 Å². The van der Waals surface area contributed by atoms with Gasteiger partial charge in [-0.15, -0.1) is 0 Å². The van der Waals surface area contributed by atoms with E-state index in [1.165, 1.54) is 0 Å². The minimum atomic E-state index is 0.372. The van der Waals surface area contributed by atoms with Gasteiger partial charge in [-0.05, 0) is 34.1 Å². The number of ether oxygens (including phenoxy) is 1. The van der Waals surface area contributed by atoms with E-state index >= 15 is 0 Å². The van der Waals surface area contributed by atoms with Crippen molar-refractivity contribution in [2.75, 3.05) is 7.11 Å². The number of halogens is 2. The molecule has 96 valence electrons. The summed E-state index contributed by atoms with van der Waals surface area (Å²) in [6.07, 6.45) is 0. The van der Waals surface area contributed by atoms with Crippen molar-refractivity contribution in [2.24, 2.45) is 12.8 Å². The van der Waals surface area contributed by atoms with Gasteiger partial charge in [0.1, 0.15) is 16.2 Å². The summed E-state index contributed by atoms with van der Waals surface area (Å²) >= 11 is 9.50. The summed E-state index contributed by atoms with van der Waals surface area (Å²) in [7, 11) is 3.53. The van der Waals surface area contributed by atoms with E-state index in [4.69, 9.17) is 22.1 Å². The zero-order chi connectivity index (χ0) is 13.3. The molecule has 0 saturated heterocycles. The maximum absolute atomic E-state index is 6.03. The first-order valence-corrected chi connectivity index (χ1v) is 6.50. The monoisotopic (exact) mass is 329 g/mol. The summed E-state index contributed by atoms with van der Waals surface area (Å²) in [4.78, 5) is 4.50. The maximum Gasteiger partial charge on any atom is 0.144 e. The summed E-state index contributed by atoms with van der Waals surface area (Å²) < 4.78 is 8.11. The number of benzene rings is 1. The van der Waals surface area contributed by atoms with E-state index in [9.17, 15) is 0 Å². The number of nitrogens with two attached hydrogens (primary N) is 1. The number of imidazole rings is 1. The second-order valence-electron chi connectivity index (χ2n) is 3.78. The predicted molar refractivity (Wildman–Crippen MR) is 75.8 cm³/mol. The number of aromatic nitrogens is 2. The molecule has 18 heavy (non-hydrogen) atoms. The Morgan fingerprint density at radius 2 is 2.22 bits per heavy atom. The van der Waals surface area contributed by atoms with Crippen LogP contribution < -0.4 is 10.5 Å². The van der Waals surface area contributed by atoms with E-state index in [1.807, 2.05) is 23.7 Å². The summed E-state index contributed by atoms with van der Waals surface area (Å²) in [5.74, 6) is 1.49. The molecule has 0 aliphatic rings. The van der Waals surface area contributed by atoms with Crippen molar-refractivity contribution in [1.29, 1.82) is 0 Å². The molecular formula is C12H13BrClN3O. The van der Waals surface area contributed by atoms with Crippen LogP contribution in [0.3, 0.4) is 0 Å². The molecule has 0 radical (unpaired) electrons. The Balaban J connectivity index is 2.64. The molecule has 0 aliphatic heterocycles. The number of nitrogens with zero attached hydrogens (tertiary/aromatic N) is 2. The maximum atomic E-state index is 6.03. The zero-order valence-corrected chi connectivity index (χ0v) is 12.4. The molecule has 0 aliphatic carbocycles. The summed E-state index contributed by atoms with van der Waals surface area (Å²) in [6, 6.07) is 5.43. The van der Waals surface area contributed by atoms with Crippen LogP contribution in [-0.4, -0.2) is 16.7 Å². The first kappa shape index (κ1) is 13.4. The molecule has 2 rings (SSSR count). The largest absolute Gasteiger partial charge is 0.496 e. The first-order valence-electron chi connectivity index (χ1n) is 5.33. The molecule has 0 unspecified atom stereocenters. The molecule has 2 N–H and O–H groups in total. The normalized spacial score (nSPS) is 10.7. The van der Waals surface area contributed by atoms with E-state index in [-0.39, 0.29) is 0 Å². The lowest BCUT2D eigenvalue weighted by atomic mass is 10.2. The highest BCUT2D eigenvalue weighted by molar-refractivity contribution is 9.10. The molecule has 4 nitrogen and oxygen atoms in total. The molecule has 0 saturated carbocycles. The number of hydrogen-bond acceptors (Lipinski definition) is 3. The molecule has 0 bridgehead atoms. The van der Waals surface area contributed by atoms with Crippen molar-refractivity contribution in [2.45, 2.75) is 6.54 Å². The van der Waals surface area contributed by atoms with Crippen LogP contribution in [0.5, 0.6) is 5.75 Å². The second kappa shape index (κ2) is 5.30. The highest BCUT2D eigenvalue weighted by Crippen LogP contribution is 2.33. The smallest absolute Gasteiger partial charge is 0.144 e. The van der Waals surface area contributed by atoms with Gasteiger partial charge in [0.25, 0.3) is 0 Å². The second-order valence-corrected chi connectivity index (χ2v) is 4.97. The quantitative estimate of drug-likeness (QED) is 0.941. The van der Waals surface area contributed by atoms with E-state index < -0.39 is 0 Å². The van der Waals surface area contributed by atoms with Crippen LogP contribution in [0.4, 0.5) is 0 Å². The molecule has 0 amide bonds. The van der Waals surface area contributed by atoms with Crippen molar-refractivity contribution >= 4 is 27.5 Å². The Kier molecular flexibility index (Phi) is 3.94. The lowest BCUT2D eigenvalue weighted by Crippen LogP contribution is -1.97. The average molecular weight is 331 g/mol. The minimum Gasteiger partial charge on any atom is -0.496 e. The SMILES string of the molecule is COc1ccc(Cl)cc1-c1nc(CN)c(Br)n1C. The van der Waals surface area contributed by atoms with Crippen molar-refractivity contribution in [3.63, 3.8) is 0 Å². The third-order valence-corrected chi connectivity index (χ3v) is 3.91. The summed E-state index contributed by atoms with van der Waals surface area (Å²) in [6.45, 7) is 0.372. The lowest BCUT2D eigenvalue weighted by Gasteiger charge is -2.08. The third kappa shape index (κ3) is 2.25. The zero-order valence-electron chi connectivity index (χ0n) is 10.1. The minimum absolute atomic E-state index is 0.372. The van der Waals surface area contributed by atoms with Crippen LogP contribution in [0.1, 0.15) is 5.69 Å². The number of hydrogen-bond donors (Lipinski definition) is 1. The van der Waals surface area contributed by atoms with E-state index in [2.05, 4.69) is 20.9 Å². The van der Waals surface area contributed by atoms with Gasteiger partial charge in [-0.2, -0.15) is 0 Å². The lowest BCUT2D eigenvalue weighted by molar-refractivity contribution is 0.416. The Bertz CT molecular complexity index is 583. The molecule has 1 aromatic heterocycles. The Hall–Kier alpha value is -1.04. The fourth-order valence-electron chi connectivity index (χ4n) is 1.76. The van der Waals surface area contributed by atoms with Gasteiger partial charge in [0.05, 0.1) is 18.4 Å². The molecule has 0 spiro atoms. The van der Waals surface area contributed by atoms with Gasteiger partial charge < -0.3 is 15.0 Å². The van der Waals surface area contributed by atoms with Gasteiger partial charge in [-0.1, -0.05) is 11.6 Å². The molecule has 1 heterocycles. The molecule has 0 fully saturated rings. The van der Waals surface area contributed by atoms with Gasteiger partial charge >= 0.3 is 0 Å². The van der Waals surface area contributed by atoms with Crippen molar-refractivity contribution < 1.29 is 4.74 Å². The summed E-state index contributed by atoms with van der Waals surface area (Å²) in [5.41, 5.74) is 7.29. The third-order valence-electron chi connectivity index (χ3n) is 2.69. The highest BCUT2D eigenvalue weighted by atomic mass is 79.9. The fraction of sp³-hybridized carbons (Fsp3) is 0.250. The van der Waals surface area contributed by atoms with E-state index in [0.717, 1.165) is 27.4 Å². The van der Waals surface area contributed by atoms with Crippen molar-refractivity contribution in [3.05, 3.63) is 33.5 Å². The van der Waals surface area contributed by atoms with Gasteiger partial charge in [-0.25, -0.2) is 4.98 Å². The first-order chi connectivity index (χ1) is 8.58. The van der Waals surface area contributed by atoms with Crippen LogP contribution in [-0.2, 0) is 13.6 Å². The van der Waals surface area contributed by atoms with Gasteiger partial charge in [0.2, 0.25) is 0 Å². The molecule has 0 atom stereocenters.